The summed E-state index contributed by atoms with van der Waals surface area (Å²) in [5.41, 5.74) is 0. The molecule has 1 nitrogen and oxygen atoms in total. The van der Waals surface area contributed by atoms with Gasteiger partial charge in [-0.3, -0.25) is 4.39 Å². The van der Waals surface area contributed by atoms with Crippen LogP contribution in [0.2, 0.25) is 0 Å². The smallest absolute Gasteiger partial charge is 0.0934 e. The SMILES string of the molecule is CC(C)C1CNC[C@H](CF)C1. The van der Waals surface area contributed by atoms with Crippen LogP contribution in [0.25, 0.3) is 0 Å². The molecule has 0 saturated carbocycles. The molecule has 1 unspecified atom stereocenters. The third kappa shape index (κ3) is 2.44. The zero-order valence-corrected chi connectivity index (χ0v) is 7.44. The second kappa shape index (κ2) is 4.05. The van der Waals surface area contributed by atoms with Crippen molar-refractivity contribution in [2.24, 2.45) is 17.8 Å². The van der Waals surface area contributed by atoms with Crippen molar-refractivity contribution in [2.45, 2.75) is 20.3 Å². The van der Waals surface area contributed by atoms with Gasteiger partial charge in [0.2, 0.25) is 0 Å². The lowest BCUT2D eigenvalue weighted by atomic mass is 9.84. The first-order valence-corrected chi connectivity index (χ1v) is 4.50. The van der Waals surface area contributed by atoms with Crippen molar-refractivity contribution in [3.05, 3.63) is 0 Å². The van der Waals surface area contributed by atoms with Crippen LogP contribution < -0.4 is 5.32 Å². The van der Waals surface area contributed by atoms with E-state index >= 15 is 0 Å². The fourth-order valence-electron chi connectivity index (χ4n) is 1.69. The lowest BCUT2D eigenvalue weighted by Crippen LogP contribution is -2.39. The molecule has 11 heavy (non-hydrogen) atoms. The van der Waals surface area contributed by atoms with E-state index in [0.29, 0.717) is 11.8 Å². The molecular weight excluding hydrogens is 141 g/mol. The molecule has 0 spiro atoms. The molecule has 1 aliphatic rings. The summed E-state index contributed by atoms with van der Waals surface area (Å²) in [5, 5.41) is 3.28. The minimum absolute atomic E-state index is 0.157. The monoisotopic (exact) mass is 159 g/mol. The molecule has 66 valence electrons. The summed E-state index contributed by atoms with van der Waals surface area (Å²) in [4.78, 5) is 0. The van der Waals surface area contributed by atoms with Crippen molar-refractivity contribution in [3.8, 4) is 0 Å². The summed E-state index contributed by atoms with van der Waals surface area (Å²) in [5.74, 6) is 1.65. The first-order chi connectivity index (χ1) is 5.24. The van der Waals surface area contributed by atoms with E-state index in [1.165, 1.54) is 0 Å². The van der Waals surface area contributed by atoms with Crippen LogP contribution in [-0.4, -0.2) is 19.8 Å². The fourth-order valence-corrected chi connectivity index (χ4v) is 1.69. The summed E-state index contributed by atoms with van der Waals surface area (Å²) >= 11 is 0. The van der Waals surface area contributed by atoms with E-state index in [-0.39, 0.29) is 12.6 Å². The summed E-state index contributed by atoms with van der Waals surface area (Å²) < 4.78 is 12.3. The minimum atomic E-state index is -0.157. The first kappa shape index (κ1) is 8.98. The van der Waals surface area contributed by atoms with Crippen molar-refractivity contribution in [2.75, 3.05) is 19.8 Å². The predicted octanol–water partition coefficient (Wildman–Crippen LogP) is 1.84. The Morgan fingerprint density at radius 3 is 2.73 bits per heavy atom. The molecule has 1 aliphatic heterocycles. The summed E-state index contributed by atoms with van der Waals surface area (Å²) in [6.45, 7) is 6.23. The van der Waals surface area contributed by atoms with Gasteiger partial charge in [-0.1, -0.05) is 13.8 Å². The van der Waals surface area contributed by atoms with Gasteiger partial charge in [-0.25, -0.2) is 0 Å². The van der Waals surface area contributed by atoms with Gasteiger partial charge in [0.15, 0.2) is 0 Å². The van der Waals surface area contributed by atoms with Gasteiger partial charge in [0.05, 0.1) is 6.67 Å². The molecule has 1 saturated heterocycles. The number of rotatable bonds is 2. The van der Waals surface area contributed by atoms with Gasteiger partial charge in [0, 0.05) is 12.5 Å². The van der Waals surface area contributed by atoms with Crippen molar-refractivity contribution >= 4 is 0 Å². The molecule has 0 aliphatic carbocycles. The van der Waals surface area contributed by atoms with Crippen LogP contribution >= 0.6 is 0 Å². The Morgan fingerprint density at radius 2 is 2.18 bits per heavy atom. The largest absolute Gasteiger partial charge is 0.316 e. The second-order valence-electron chi connectivity index (χ2n) is 3.92. The van der Waals surface area contributed by atoms with Crippen molar-refractivity contribution in [1.29, 1.82) is 0 Å². The van der Waals surface area contributed by atoms with Crippen LogP contribution in [0.4, 0.5) is 4.39 Å². The Labute approximate surface area is 68.4 Å². The lowest BCUT2D eigenvalue weighted by Gasteiger charge is -2.30. The normalized spacial score (nSPS) is 32.7. The molecule has 2 heteroatoms. The summed E-state index contributed by atoms with van der Waals surface area (Å²) in [7, 11) is 0. The van der Waals surface area contributed by atoms with Crippen molar-refractivity contribution in [3.63, 3.8) is 0 Å². The number of hydrogen-bond acceptors (Lipinski definition) is 1. The molecule has 1 heterocycles. The van der Waals surface area contributed by atoms with Gasteiger partial charge < -0.3 is 5.32 Å². The summed E-state index contributed by atoms with van der Waals surface area (Å²) in [6, 6.07) is 0. The number of alkyl halides is 1. The number of hydrogen-bond donors (Lipinski definition) is 1. The van der Waals surface area contributed by atoms with E-state index in [4.69, 9.17) is 0 Å². The van der Waals surface area contributed by atoms with Gasteiger partial charge in [-0.05, 0) is 24.8 Å². The quantitative estimate of drug-likeness (QED) is 0.648. The zero-order valence-electron chi connectivity index (χ0n) is 7.44. The molecule has 0 aromatic heterocycles. The van der Waals surface area contributed by atoms with E-state index in [9.17, 15) is 4.39 Å². The van der Waals surface area contributed by atoms with E-state index in [1.807, 2.05) is 0 Å². The third-order valence-corrected chi connectivity index (χ3v) is 2.64. The summed E-state index contributed by atoms with van der Waals surface area (Å²) in [6.07, 6.45) is 1.07. The van der Waals surface area contributed by atoms with Gasteiger partial charge in [-0.15, -0.1) is 0 Å². The Bertz CT molecular complexity index is 114. The minimum Gasteiger partial charge on any atom is -0.316 e. The first-order valence-electron chi connectivity index (χ1n) is 4.50. The average Bonchev–Trinajstić information content (AvgIpc) is 2.05. The van der Waals surface area contributed by atoms with Crippen molar-refractivity contribution < 1.29 is 4.39 Å². The fraction of sp³-hybridized carbons (Fsp3) is 1.00. The lowest BCUT2D eigenvalue weighted by molar-refractivity contribution is 0.202. The molecule has 0 aromatic rings. The standard InChI is InChI=1S/C9H18FN/c1-7(2)9-3-8(4-10)5-11-6-9/h7-9,11H,3-6H2,1-2H3/t8-,9?/m0/s1. The van der Waals surface area contributed by atoms with Gasteiger partial charge >= 0.3 is 0 Å². The molecule has 1 N–H and O–H groups in total. The van der Waals surface area contributed by atoms with Crippen LogP contribution in [0.5, 0.6) is 0 Å². The van der Waals surface area contributed by atoms with E-state index in [1.54, 1.807) is 0 Å². The molecule has 0 aromatic carbocycles. The molecule has 1 rings (SSSR count). The Balaban J connectivity index is 2.33. The second-order valence-corrected chi connectivity index (χ2v) is 3.92. The van der Waals surface area contributed by atoms with Crippen LogP contribution in [-0.2, 0) is 0 Å². The van der Waals surface area contributed by atoms with Crippen LogP contribution in [0.3, 0.4) is 0 Å². The van der Waals surface area contributed by atoms with Gasteiger partial charge in [0.25, 0.3) is 0 Å². The molecule has 2 atom stereocenters. The van der Waals surface area contributed by atoms with Crippen LogP contribution in [0.15, 0.2) is 0 Å². The maximum atomic E-state index is 12.3. The highest BCUT2D eigenvalue weighted by atomic mass is 19.1. The maximum absolute atomic E-state index is 12.3. The zero-order chi connectivity index (χ0) is 8.27. The van der Waals surface area contributed by atoms with Gasteiger partial charge in [-0.2, -0.15) is 0 Å². The molecule has 0 amide bonds. The highest BCUT2D eigenvalue weighted by molar-refractivity contribution is 4.77. The average molecular weight is 159 g/mol. The number of halogens is 1. The Kier molecular flexibility index (Phi) is 3.31. The molecule has 0 radical (unpaired) electrons. The molecular formula is C9H18FN. The topological polar surface area (TPSA) is 12.0 Å². The Hall–Kier alpha value is -0.110. The van der Waals surface area contributed by atoms with E-state index in [2.05, 4.69) is 19.2 Å². The Morgan fingerprint density at radius 1 is 1.45 bits per heavy atom. The number of piperidine rings is 1. The van der Waals surface area contributed by atoms with Gasteiger partial charge in [0.1, 0.15) is 0 Å². The molecule has 1 fully saturated rings. The number of nitrogens with one attached hydrogen (secondary N) is 1. The van der Waals surface area contributed by atoms with Crippen LogP contribution in [0.1, 0.15) is 20.3 Å². The van der Waals surface area contributed by atoms with Crippen molar-refractivity contribution in [1.82, 2.24) is 5.32 Å². The van der Waals surface area contributed by atoms with E-state index in [0.717, 1.165) is 19.5 Å². The highest BCUT2D eigenvalue weighted by Gasteiger charge is 2.23. The van der Waals surface area contributed by atoms with E-state index < -0.39 is 0 Å². The molecule has 0 bridgehead atoms. The highest BCUT2D eigenvalue weighted by Crippen LogP contribution is 2.23. The van der Waals surface area contributed by atoms with Crippen LogP contribution in [0, 0.1) is 17.8 Å². The maximum Gasteiger partial charge on any atom is 0.0934 e. The third-order valence-electron chi connectivity index (χ3n) is 2.64. The predicted molar refractivity (Wildman–Crippen MR) is 45.3 cm³/mol.